The molecule has 1 heterocycles. The van der Waals surface area contributed by atoms with Crippen LogP contribution < -0.4 is 0 Å². The van der Waals surface area contributed by atoms with E-state index in [2.05, 4.69) is 10.2 Å². The molecule has 0 bridgehead atoms. The van der Waals surface area contributed by atoms with Crippen LogP contribution in [0.4, 0.5) is 13.2 Å². The first kappa shape index (κ1) is 8.84. The molecule has 0 radical (unpaired) electrons. The SMILES string of the molecule is [3H]c1cc(C2(C(F)(F)F)N=N2)ccc1CO. The number of aliphatic hydroxyl groups is 1. The molecule has 2 rings (SSSR count). The minimum atomic E-state index is -4.58. The molecule has 0 amide bonds. The summed E-state index contributed by atoms with van der Waals surface area (Å²) in [6.45, 7) is -0.383. The topological polar surface area (TPSA) is 45.0 Å². The number of benzene rings is 1. The average Bonchev–Trinajstić information content (AvgIpc) is 2.97. The standard InChI is InChI=1S/C9H7F3N2O/c10-9(11,12)8(13-14-8)7-3-1-6(5-15)2-4-7/h1-4,15H,5H2/i1T. The highest BCUT2D eigenvalue weighted by Crippen LogP contribution is 2.52. The molecule has 1 N–H and O–H groups in total. The van der Waals surface area contributed by atoms with Crippen molar-refractivity contribution in [1.29, 1.82) is 0 Å². The van der Waals surface area contributed by atoms with E-state index in [-0.39, 0.29) is 23.8 Å². The Morgan fingerprint density at radius 1 is 1.33 bits per heavy atom. The van der Waals surface area contributed by atoms with E-state index < -0.39 is 11.8 Å². The summed E-state index contributed by atoms with van der Waals surface area (Å²) < 4.78 is 45.2. The molecular formula is C9H7F3N2O. The molecule has 1 aromatic carbocycles. The summed E-state index contributed by atoms with van der Waals surface area (Å²) in [5.74, 6) is 0. The Morgan fingerprint density at radius 3 is 2.40 bits per heavy atom. The van der Waals surface area contributed by atoms with Crippen LogP contribution in [0.15, 0.2) is 34.5 Å². The van der Waals surface area contributed by atoms with Gasteiger partial charge in [-0.15, -0.1) is 10.2 Å². The summed E-state index contributed by atoms with van der Waals surface area (Å²) in [4.78, 5) is 0. The second kappa shape index (κ2) is 3.03. The number of rotatable bonds is 2. The van der Waals surface area contributed by atoms with Crippen LogP contribution in [-0.2, 0) is 12.3 Å². The van der Waals surface area contributed by atoms with Crippen LogP contribution in [0.5, 0.6) is 0 Å². The van der Waals surface area contributed by atoms with Crippen LogP contribution >= 0.6 is 0 Å². The zero-order valence-electron chi connectivity index (χ0n) is 8.41. The van der Waals surface area contributed by atoms with Gasteiger partial charge < -0.3 is 5.11 Å². The average molecular weight is 218 g/mol. The van der Waals surface area contributed by atoms with E-state index in [0.717, 1.165) is 6.07 Å². The molecule has 0 atom stereocenters. The summed E-state index contributed by atoms with van der Waals surface area (Å²) >= 11 is 0. The summed E-state index contributed by atoms with van der Waals surface area (Å²) in [5, 5.41) is 14.9. The molecule has 0 unspecified atom stereocenters. The van der Waals surface area contributed by atoms with Gasteiger partial charge in [0.2, 0.25) is 0 Å². The largest absolute Gasteiger partial charge is 0.442 e. The summed E-state index contributed by atoms with van der Waals surface area (Å²) in [6.07, 6.45) is -4.58. The van der Waals surface area contributed by atoms with Crippen molar-refractivity contribution in [3.05, 3.63) is 35.4 Å². The summed E-state index contributed by atoms with van der Waals surface area (Å²) in [7, 11) is 0. The first-order valence-electron chi connectivity index (χ1n) is 4.62. The van der Waals surface area contributed by atoms with Crippen LogP contribution in [0.3, 0.4) is 0 Å². The maximum absolute atomic E-state index is 12.6. The highest BCUT2D eigenvalue weighted by molar-refractivity contribution is 5.32. The molecule has 1 aromatic rings. The van der Waals surface area contributed by atoms with E-state index in [1.54, 1.807) is 0 Å². The van der Waals surface area contributed by atoms with Crippen LogP contribution in [0.25, 0.3) is 0 Å². The van der Waals surface area contributed by atoms with Crippen molar-refractivity contribution in [3.63, 3.8) is 0 Å². The van der Waals surface area contributed by atoms with Gasteiger partial charge in [0, 0.05) is 5.56 Å². The lowest BCUT2D eigenvalue weighted by Crippen LogP contribution is -2.30. The first-order valence-corrected chi connectivity index (χ1v) is 4.12. The van der Waals surface area contributed by atoms with Crippen LogP contribution in [-0.4, -0.2) is 11.3 Å². The van der Waals surface area contributed by atoms with Gasteiger partial charge in [-0.1, -0.05) is 24.2 Å². The Hall–Kier alpha value is -1.43. The van der Waals surface area contributed by atoms with Crippen molar-refractivity contribution in [2.45, 2.75) is 18.4 Å². The fraction of sp³-hybridized carbons (Fsp3) is 0.333. The Bertz CT molecular complexity index is 453. The summed E-state index contributed by atoms with van der Waals surface area (Å²) in [5.41, 5.74) is -2.42. The molecule has 80 valence electrons. The third-order valence-electron chi connectivity index (χ3n) is 2.15. The van der Waals surface area contributed by atoms with Crippen molar-refractivity contribution in [3.8, 4) is 0 Å². The molecule has 1 aliphatic heterocycles. The first-order chi connectivity index (χ1) is 7.40. The third kappa shape index (κ3) is 1.50. The zero-order chi connectivity index (χ0) is 12.0. The Balaban J connectivity index is 2.40. The van der Waals surface area contributed by atoms with E-state index in [4.69, 9.17) is 6.48 Å². The van der Waals surface area contributed by atoms with Crippen molar-refractivity contribution in [1.82, 2.24) is 0 Å². The van der Waals surface area contributed by atoms with E-state index in [9.17, 15) is 13.2 Å². The molecule has 1 aliphatic rings. The Kier molecular flexibility index (Phi) is 1.79. The van der Waals surface area contributed by atoms with E-state index in [1.165, 1.54) is 12.1 Å². The van der Waals surface area contributed by atoms with Gasteiger partial charge in [-0.05, 0) is 5.56 Å². The minimum absolute atomic E-state index is 0.152. The quantitative estimate of drug-likeness (QED) is 0.813. The number of hydrogen-bond donors (Lipinski definition) is 1. The number of hydrogen-bond acceptors (Lipinski definition) is 3. The normalized spacial score (nSPS) is 18.8. The lowest BCUT2D eigenvalue weighted by atomic mass is 10.0. The molecule has 0 fully saturated rings. The lowest BCUT2D eigenvalue weighted by Gasteiger charge is -2.14. The summed E-state index contributed by atoms with van der Waals surface area (Å²) in [6, 6.07) is 3.32. The highest BCUT2D eigenvalue weighted by atomic mass is 19.4. The van der Waals surface area contributed by atoms with Gasteiger partial charge in [0.05, 0.1) is 7.98 Å². The maximum Gasteiger partial charge on any atom is 0.442 e. The molecule has 6 heteroatoms. The molecule has 3 nitrogen and oxygen atoms in total. The smallest absolute Gasteiger partial charge is 0.392 e. The minimum Gasteiger partial charge on any atom is -0.392 e. The Labute approximate surface area is 84.7 Å². The van der Waals surface area contributed by atoms with E-state index >= 15 is 0 Å². The Morgan fingerprint density at radius 2 is 2.00 bits per heavy atom. The highest BCUT2D eigenvalue weighted by Gasteiger charge is 2.65. The lowest BCUT2D eigenvalue weighted by molar-refractivity contribution is -0.166. The number of alkyl halides is 3. The fourth-order valence-corrected chi connectivity index (χ4v) is 1.21. The second-order valence-corrected chi connectivity index (χ2v) is 3.13. The van der Waals surface area contributed by atoms with Crippen molar-refractivity contribution >= 4 is 0 Å². The molecule has 0 saturated heterocycles. The van der Waals surface area contributed by atoms with Crippen LogP contribution in [0.1, 0.15) is 12.5 Å². The molecule has 0 aliphatic carbocycles. The fourth-order valence-electron chi connectivity index (χ4n) is 1.21. The third-order valence-corrected chi connectivity index (χ3v) is 2.15. The van der Waals surface area contributed by atoms with Gasteiger partial charge in [-0.3, -0.25) is 0 Å². The number of nitrogens with zero attached hydrogens (tertiary/aromatic N) is 2. The monoisotopic (exact) mass is 218 g/mol. The molecule has 0 spiro atoms. The molecular weight excluding hydrogens is 209 g/mol. The van der Waals surface area contributed by atoms with Crippen molar-refractivity contribution < 1.29 is 19.6 Å². The second-order valence-electron chi connectivity index (χ2n) is 3.13. The molecule has 0 saturated carbocycles. The predicted molar refractivity (Wildman–Crippen MR) is 45.0 cm³/mol. The van der Waals surface area contributed by atoms with Gasteiger partial charge in [0.25, 0.3) is 0 Å². The van der Waals surface area contributed by atoms with Gasteiger partial charge in [0.1, 0.15) is 0 Å². The number of halogens is 3. The van der Waals surface area contributed by atoms with E-state index in [1.807, 2.05) is 0 Å². The molecule has 0 aromatic heterocycles. The zero-order valence-corrected chi connectivity index (χ0v) is 7.41. The van der Waals surface area contributed by atoms with Crippen molar-refractivity contribution in [2.24, 2.45) is 10.2 Å². The van der Waals surface area contributed by atoms with Crippen molar-refractivity contribution in [2.75, 3.05) is 0 Å². The predicted octanol–water partition coefficient (Wildman–Crippen LogP) is 2.36. The van der Waals surface area contributed by atoms with Crippen LogP contribution in [0, 0.1) is 0 Å². The van der Waals surface area contributed by atoms with Crippen LogP contribution in [0.2, 0.25) is 0 Å². The number of aliphatic hydroxyl groups excluding tert-OH is 1. The van der Waals surface area contributed by atoms with Gasteiger partial charge in [-0.2, -0.15) is 13.2 Å². The van der Waals surface area contributed by atoms with E-state index in [0.29, 0.717) is 0 Å². The van der Waals surface area contributed by atoms with Gasteiger partial charge in [0.15, 0.2) is 0 Å². The maximum atomic E-state index is 12.6. The van der Waals surface area contributed by atoms with Gasteiger partial charge in [-0.25, -0.2) is 0 Å². The molecule has 15 heavy (non-hydrogen) atoms. The van der Waals surface area contributed by atoms with Gasteiger partial charge >= 0.3 is 11.8 Å².